The maximum Gasteiger partial charge on any atom is 0.243 e. The van der Waals surface area contributed by atoms with E-state index in [0.717, 1.165) is 29.4 Å². The molecule has 226 valence electrons. The third-order valence-corrected chi connectivity index (χ3v) is 8.40. The van der Waals surface area contributed by atoms with E-state index in [4.69, 9.17) is 4.74 Å². The van der Waals surface area contributed by atoms with Gasteiger partial charge in [0.25, 0.3) is 0 Å². The summed E-state index contributed by atoms with van der Waals surface area (Å²) in [6.45, 7) is 6.31. The second kappa shape index (κ2) is 15.4. The molecule has 2 atom stereocenters. The highest BCUT2D eigenvalue weighted by atomic mass is 32.2. The fraction of sp³-hybridized carbons (Fsp3) is 0.394. The van der Waals surface area contributed by atoms with Crippen molar-refractivity contribution in [3.63, 3.8) is 0 Å². The molecule has 0 saturated heterocycles. The summed E-state index contributed by atoms with van der Waals surface area (Å²) >= 11 is 0. The van der Waals surface area contributed by atoms with Crippen LogP contribution in [0.3, 0.4) is 0 Å². The first-order chi connectivity index (χ1) is 20.0. The highest BCUT2D eigenvalue weighted by molar-refractivity contribution is 7.92. The summed E-state index contributed by atoms with van der Waals surface area (Å²) in [5.74, 6) is 0.122. The van der Waals surface area contributed by atoms with Crippen LogP contribution in [0.5, 0.6) is 5.75 Å². The van der Waals surface area contributed by atoms with Crippen LogP contribution < -0.4 is 14.4 Å². The molecule has 2 amide bonds. The molecule has 0 aliphatic heterocycles. The van der Waals surface area contributed by atoms with Crippen molar-refractivity contribution in [2.45, 2.75) is 65.1 Å². The zero-order valence-corrected chi connectivity index (χ0v) is 26.1. The van der Waals surface area contributed by atoms with E-state index in [-0.39, 0.29) is 43.8 Å². The Kier molecular flexibility index (Phi) is 12.0. The first-order valence-electron chi connectivity index (χ1n) is 14.3. The number of benzene rings is 3. The number of ether oxygens (including phenoxy) is 1. The van der Waals surface area contributed by atoms with Crippen LogP contribution in [0.2, 0.25) is 0 Å². The van der Waals surface area contributed by atoms with E-state index in [1.807, 2.05) is 75.4 Å². The molecule has 9 heteroatoms. The van der Waals surface area contributed by atoms with Crippen LogP contribution in [0.1, 0.15) is 49.8 Å². The summed E-state index contributed by atoms with van der Waals surface area (Å²) in [5.41, 5.74) is 3.40. The zero-order chi connectivity index (χ0) is 30.7. The van der Waals surface area contributed by atoms with Gasteiger partial charge in [0.15, 0.2) is 0 Å². The Morgan fingerprint density at radius 3 is 2.29 bits per heavy atom. The molecule has 0 aliphatic carbocycles. The van der Waals surface area contributed by atoms with Gasteiger partial charge in [-0.25, -0.2) is 8.42 Å². The maximum atomic E-state index is 14.0. The summed E-state index contributed by atoms with van der Waals surface area (Å²) in [7, 11) is -2.09. The van der Waals surface area contributed by atoms with Crippen molar-refractivity contribution < 1.29 is 22.7 Å². The van der Waals surface area contributed by atoms with Gasteiger partial charge in [-0.2, -0.15) is 0 Å². The largest absolute Gasteiger partial charge is 0.497 e. The summed E-state index contributed by atoms with van der Waals surface area (Å²) < 4.78 is 31.9. The molecule has 0 bridgehead atoms. The number of amides is 2. The van der Waals surface area contributed by atoms with Crippen LogP contribution >= 0.6 is 0 Å². The number of sulfonamides is 1. The van der Waals surface area contributed by atoms with Crippen LogP contribution in [0.25, 0.3) is 0 Å². The predicted molar refractivity (Wildman–Crippen MR) is 168 cm³/mol. The molecule has 0 fully saturated rings. The molecule has 0 aromatic heterocycles. The number of aryl methyl sites for hydroxylation is 1. The van der Waals surface area contributed by atoms with E-state index in [0.29, 0.717) is 17.9 Å². The van der Waals surface area contributed by atoms with E-state index in [1.54, 1.807) is 29.2 Å². The van der Waals surface area contributed by atoms with Crippen LogP contribution in [0.4, 0.5) is 5.69 Å². The van der Waals surface area contributed by atoms with Gasteiger partial charge >= 0.3 is 0 Å². The van der Waals surface area contributed by atoms with Crippen LogP contribution in [0.15, 0.2) is 78.9 Å². The Labute approximate surface area is 250 Å². The second-order valence-electron chi connectivity index (χ2n) is 10.7. The standard InChI is InChI=1S/C33H43N3O5S/c1-6-26(3)34-33(38)31(22-27-14-8-7-9-15-27)35(24-28-16-10-13-25(2)21-28)32(37)19-12-20-36(42(5,39)40)29-17-11-18-30(23-29)41-4/h7-11,13-18,21,23,26,31H,6,12,19-20,22,24H2,1-5H3,(H,34,38). The molecule has 42 heavy (non-hydrogen) atoms. The first-order valence-corrected chi connectivity index (χ1v) is 16.2. The Bertz CT molecular complexity index is 1430. The fourth-order valence-corrected chi connectivity index (χ4v) is 5.73. The van der Waals surface area contributed by atoms with E-state index in [9.17, 15) is 18.0 Å². The van der Waals surface area contributed by atoms with Gasteiger partial charge < -0.3 is 15.0 Å². The van der Waals surface area contributed by atoms with Crippen LogP contribution in [-0.2, 0) is 32.6 Å². The Morgan fingerprint density at radius 2 is 1.64 bits per heavy atom. The summed E-state index contributed by atoms with van der Waals surface area (Å²) in [6, 6.07) is 23.6. The van der Waals surface area contributed by atoms with Crippen LogP contribution in [-0.4, -0.2) is 57.1 Å². The van der Waals surface area contributed by atoms with E-state index in [1.165, 1.54) is 11.4 Å². The molecule has 0 spiro atoms. The lowest BCUT2D eigenvalue weighted by Crippen LogP contribution is -2.52. The quantitative estimate of drug-likeness (QED) is 0.264. The Hall–Kier alpha value is -3.85. The second-order valence-corrected chi connectivity index (χ2v) is 12.6. The van der Waals surface area contributed by atoms with Gasteiger partial charge in [0.2, 0.25) is 21.8 Å². The van der Waals surface area contributed by atoms with E-state index >= 15 is 0 Å². The smallest absolute Gasteiger partial charge is 0.243 e. The molecular weight excluding hydrogens is 550 g/mol. The lowest BCUT2D eigenvalue weighted by Gasteiger charge is -2.33. The number of methoxy groups -OCH3 is 1. The minimum atomic E-state index is -3.61. The lowest BCUT2D eigenvalue weighted by atomic mass is 10.0. The van der Waals surface area contributed by atoms with Crippen molar-refractivity contribution in [3.05, 3.63) is 95.6 Å². The van der Waals surface area contributed by atoms with Gasteiger partial charge in [-0.1, -0.05) is 73.2 Å². The van der Waals surface area contributed by atoms with Crippen LogP contribution in [0, 0.1) is 6.92 Å². The van der Waals surface area contributed by atoms with Gasteiger partial charge in [-0.05, 0) is 49.9 Å². The number of hydrogen-bond acceptors (Lipinski definition) is 5. The van der Waals surface area contributed by atoms with Gasteiger partial charge in [0.05, 0.1) is 19.1 Å². The topological polar surface area (TPSA) is 96.0 Å². The number of hydrogen-bond donors (Lipinski definition) is 1. The van der Waals surface area contributed by atoms with Gasteiger partial charge in [-0.3, -0.25) is 13.9 Å². The highest BCUT2D eigenvalue weighted by Gasteiger charge is 2.31. The van der Waals surface area contributed by atoms with Crippen molar-refractivity contribution in [2.24, 2.45) is 0 Å². The average molecular weight is 594 g/mol. The normalized spacial score (nSPS) is 12.7. The fourth-order valence-electron chi connectivity index (χ4n) is 4.77. The van der Waals surface area contributed by atoms with Gasteiger partial charge in [0.1, 0.15) is 11.8 Å². The summed E-state index contributed by atoms with van der Waals surface area (Å²) in [4.78, 5) is 29.3. The molecule has 0 aliphatic rings. The zero-order valence-electron chi connectivity index (χ0n) is 25.2. The molecule has 2 unspecified atom stereocenters. The molecule has 1 N–H and O–H groups in total. The molecule has 0 heterocycles. The molecule has 3 rings (SSSR count). The number of rotatable bonds is 15. The summed E-state index contributed by atoms with van der Waals surface area (Å²) in [5, 5.41) is 3.08. The molecule has 8 nitrogen and oxygen atoms in total. The van der Waals surface area contributed by atoms with Gasteiger partial charge in [-0.15, -0.1) is 0 Å². The number of anilines is 1. The van der Waals surface area contributed by atoms with E-state index in [2.05, 4.69) is 5.32 Å². The van der Waals surface area contributed by atoms with E-state index < -0.39 is 16.1 Å². The first kappa shape index (κ1) is 32.7. The van der Waals surface area contributed by atoms with Gasteiger partial charge in [0, 0.05) is 38.0 Å². The number of nitrogens with zero attached hydrogens (tertiary/aromatic N) is 2. The number of carbonyl (C=O) groups is 2. The molecule has 3 aromatic rings. The molecular formula is C33H43N3O5S. The minimum Gasteiger partial charge on any atom is -0.497 e. The molecule has 0 saturated carbocycles. The molecule has 3 aromatic carbocycles. The van der Waals surface area contributed by atoms with Crippen molar-refractivity contribution in [2.75, 3.05) is 24.2 Å². The summed E-state index contributed by atoms with van der Waals surface area (Å²) in [6.07, 6.45) is 2.62. The third-order valence-electron chi connectivity index (χ3n) is 7.20. The SMILES string of the molecule is CCC(C)NC(=O)C(Cc1ccccc1)N(Cc1cccc(C)c1)C(=O)CCCN(c1cccc(OC)c1)S(C)(=O)=O. The Balaban J connectivity index is 1.89. The highest BCUT2D eigenvalue weighted by Crippen LogP contribution is 2.24. The molecule has 0 radical (unpaired) electrons. The predicted octanol–water partition coefficient (Wildman–Crippen LogP) is 5.10. The Morgan fingerprint density at radius 1 is 0.952 bits per heavy atom. The number of carbonyl (C=O) groups excluding carboxylic acids is 2. The van der Waals surface area contributed by atoms with Crippen molar-refractivity contribution in [1.82, 2.24) is 10.2 Å². The minimum absolute atomic E-state index is 0.0436. The van der Waals surface area contributed by atoms with Crippen molar-refractivity contribution in [3.8, 4) is 5.75 Å². The van der Waals surface area contributed by atoms with Crippen molar-refractivity contribution >= 4 is 27.5 Å². The van der Waals surface area contributed by atoms with Crippen molar-refractivity contribution in [1.29, 1.82) is 0 Å². The maximum absolute atomic E-state index is 14.0. The average Bonchev–Trinajstić information content (AvgIpc) is 2.96. The number of nitrogens with one attached hydrogen (secondary N) is 1. The lowest BCUT2D eigenvalue weighted by molar-refractivity contribution is -0.141. The monoisotopic (exact) mass is 593 g/mol. The third kappa shape index (κ3) is 9.62.